The molecule has 0 atom stereocenters. The van der Waals surface area contributed by atoms with Crippen molar-refractivity contribution in [3.63, 3.8) is 0 Å². The lowest BCUT2D eigenvalue weighted by molar-refractivity contribution is -0.140. The Hall–Kier alpha value is -1.33. The Bertz CT molecular complexity index is 655. The molecule has 0 unspecified atom stereocenters. The van der Waals surface area contributed by atoms with Crippen molar-refractivity contribution in [3.05, 3.63) is 27.7 Å². The molecule has 0 saturated heterocycles. The second kappa shape index (κ2) is 9.97. The minimum absolute atomic E-state index is 0.115. The van der Waals surface area contributed by atoms with Crippen LogP contribution < -0.4 is 10.6 Å². The van der Waals surface area contributed by atoms with Gasteiger partial charge in [0.2, 0.25) is 0 Å². The van der Waals surface area contributed by atoms with E-state index in [2.05, 4.69) is 25.6 Å². The molecule has 0 aliphatic heterocycles. The summed E-state index contributed by atoms with van der Waals surface area (Å²) in [4.78, 5) is 12.1. The number of thioether (sulfide) groups is 1. The standard InChI is InChI=1S/C14H18F3N5S3/c1-2-18-12(19-4-3-6-23-13-20-5-7-24-13)21-8-11-22-10(9-25-11)14(15,16)17/h5,7,9H,2-4,6,8H2,1H3,(H2,18,19,21). The first-order chi connectivity index (χ1) is 12.0. The average Bonchev–Trinajstić information content (AvgIpc) is 3.23. The molecule has 25 heavy (non-hydrogen) atoms. The van der Waals surface area contributed by atoms with Gasteiger partial charge in [-0.1, -0.05) is 11.8 Å². The number of rotatable bonds is 8. The molecule has 0 saturated carbocycles. The minimum Gasteiger partial charge on any atom is -0.357 e. The predicted molar refractivity (Wildman–Crippen MR) is 97.4 cm³/mol. The van der Waals surface area contributed by atoms with E-state index in [1.165, 1.54) is 0 Å². The smallest absolute Gasteiger partial charge is 0.357 e. The highest BCUT2D eigenvalue weighted by Gasteiger charge is 2.33. The molecule has 0 aliphatic rings. The van der Waals surface area contributed by atoms with Crippen molar-refractivity contribution in [2.75, 3.05) is 18.8 Å². The van der Waals surface area contributed by atoms with Crippen LogP contribution in [0.2, 0.25) is 0 Å². The van der Waals surface area contributed by atoms with E-state index in [-0.39, 0.29) is 6.54 Å². The van der Waals surface area contributed by atoms with Gasteiger partial charge in [-0.05, 0) is 13.3 Å². The van der Waals surface area contributed by atoms with Gasteiger partial charge in [-0.3, -0.25) is 0 Å². The fraction of sp³-hybridized carbons (Fsp3) is 0.500. The second-order valence-corrected chi connectivity index (χ2v) is 7.93. The van der Waals surface area contributed by atoms with Crippen molar-refractivity contribution < 1.29 is 13.2 Å². The summed E-state index contributed by atoms with van der Waals surface area (Å²) in [7, 11) is 0. The lowest BCUT2D eigenvalue weighted by Crippen LogP contribution is -2.37. The molecule has 2 aromatic rings. The maximum Gasteiger partial charge on any atom is 0.434 e. The Morgan fingerprint density at radius 3 is 2.80 bits per heavy atom. The fourth-order valence-corrected chi connectivity index (χ4v) is 4.09. The summed E-state index contributed by atoms with van der Waals surface area (Å²) >= 11 is 4.28. The van der Waals surface area contributed by atoms with Crippen LogP contribution >= 0.6 is 34.4 Å². The number of nitrogens with one attached hydrogen (secondary N) is 2. The molecule has 0 amide bonds. The topological polar surface area (TPSA) is 62.2 Å². The van der Waals surface area contributed by atoms with Crippen LogP contribution in [0.3, 0.4) is 0 Å². The maximum absolute atomic E-state index is 12.5. The van der Waals surface area contributed by atoms with E-state index < -0.39 is 11.9 Å². The normalized spacial score (nSPS) is 12.4. The number of alkyl halides is 3. The van der Waals surface area contributed by atoms with E-state index in [4.69, 9.17) is 0 Å². The van der Waals surface area contributed by atoms with Crippen molar-refractivity contribution in [2.45, 2.75) is 30.4 Å². The third-order valence-corrected chi connectivity index (χ3v) is 5.69. The number of hydrogen-bond donors (Lipinski definition) is 2. The number of aromatic nitrogens is 2. The predicted octanol–water partition coefficient (Wildman–Crippen LogP) is 3.86. The third-order valence-electron chi connectivity index (χ3n) is 2.81. The van der Waals surface area contributed by atoms with Crippen molar-refractivity contribution >= 4 is 40.4 Å². The molecule has 0 bridgehead atoms. The Balaban J connectivity index is 1.76. The summed E-state index contributed by atoms with van der Waals surface area (Å²) < 4.78 is 38.7. The van der Waals surface area contributed by atoms with E-state index in [0.717, 1.165) is 39.8 Å². The van der Waals surface area contributed by atoms with E-state index >= 15 is 0 Å². The van der Waals surface area contributed by atoms with Crippen LogP contribution in [-0.4, -0.2) is 34.8 Å². The molecule has 138 valence electrons. The fourth-order valence-electron chi connectivity index (χ4n) is 1.72. The first kappa shape index (κ1) is 20.0. The van der Waals surface area contributed by atoms with E-state index in [9.17, 15) is 13.2 Å². The zero-order valence-electron chi connectivity index (χ0n) is 13.5. The van der Waals surface area contributed by atoms with E-state index in [1.807, 2.05) is 12.3 Å². The lowest BCUT2D eigenvalue weighted by Gasteiger charge is -2.10. The average molecular weight is 410 g/mol. The SMILES string of the molecule is CCNC(=NCc1nc(C(F)(F)F)cs1)NCCCSc1nccs1. The van der Waals surface area contributed by atoms with Crippen LogP contribution in [0.5, 0.6) is 0 Å². The monoisotopic (exact) mass is 409 g/mol. The van der Waals surface area contributed by atoms with Crippen LogP contribution in [0.25, 0.3) is 0 Å². The molecule has 2 N–H and O–H groups in total. The van der Waals surface area contributed by atoms with Crippen molar-refractivity contribution in [2.24, 2.45) is 4.99 Å². The van der Waals surface area contributed by atoms with Gasteiger partial charge in [-0.25, -0.2) is 15.0 Å². The van der Waals surface area contributed by atoms with Crippen LogP contribution in [0.1, 0.15) is 24.0 Å². The van der Waals surface area contributed by atoms with Gasteiger partial charge in [0.1, 0.15) is 9.35 Å². The first-order valence-electron chi connectivity index (χ1n) is 7.55. The van der Waals surface area contributed by atoms with Gasteiger partial charge in [0.15, 0.2) is 11.7 Å². The largest absolute Gasteiger partial charge is 0.434 e. The second-order valence-electron chi connectivity index (χ2n) is 4.75. The van der Waals surface area contributed by atoms with Gasteiger partial charge in [0, 0.05) is 35.8 Å². The van der Waals surface area contributed by atoms with Gasteiger partial charge in [0.25, 0.3) is 0 Å². The molecule has 11 heteroatoms. The summed E-state index contributed by atoms with van der Waals surface area (Å²) in [6, 6.07) is 0. The Morgan fingerprint density at radius 2 is 2.16 bits per heavy atom. The van der Waals surface area contributed by atoms with Crippen LogP contribution in [-0.2, 0) is 12.7 Å². The number of halogens is 3. The van der Waals surface area contributed by atoms with Gasteiger partial charge in [-0.15, -0.1) is 22.7 Å². The zero-order valence-corrected chi connectivity index (χ0v) is 15.9. The third kappa shape index (κ3) is 7.20. The number of nitrogens with zero attached hydrogens (tertiary/aromatic N) is 3. The number of guanidine groups is 1. The molecular weight excluding hydrogens is 391 g/mol. The number of aliphatic imine (C=N–C) groups is 1. The molecule has 2 heterocycles. The minimum atomic E-state index is -4.41. The van der Waals surface area contributed by atoms with Gasteiger partial charge in [0.05, 0.1) is 6.54 Å². The highest BCUT2D eigenvalue weighted by atomic mass is 32.2. The number of thiazole rings is 2. The highest BCUT2D eigenvalue weighted by Crippen LogP contribution is 2.30. The molecule has 5 nitrogen and oxygen atoms in total. The molecule has 2 rings (SSSR count). The Morgan fingerprint density at radius 1 is 1.32 bits per heavy atom. The molecule has 0 radical (unpaired) electrons. The molecule has 0 aromatic carbocycles. The highest BCUT2D eigenvalue weighted by molar-refractivity contribution is 8.00. The zero-order chi connectivity index (χ0) is 18.1. The summed E-state index contributed by atoms with van der Waals surface area (Å²) in [6.45, 7) is 3.44. The lowest BCUT2D eigenvalue weighted by atomic mass is 10.5. The van der Waals surface area contributed by atoms with Crippen molar-refractivity contribution in [3.8, 4) is 0 Å². The van der Waals surface area contributed by atoms with Gasteiger partial charge in [-0.2, -0.15) is 13.2 Å². The maximum atomic E-state index is 12.5. The van der Waals surface area contributed by atoms with Gasteiger partial charge < -0.3 is 10.6 Å². The van der Waals surface area contributed by atoms with Crippen molar-refractivity contribution in [1.82, 2.24) is 20.6 Å². The molecular formula is C14H18F3N5S3. The molecule has 2 aromatic heterocycles. The molecule has 0 fully saturated rings. The first-order valence-corrected chi connectivity index (χ1v) is 10.3. The van der Waals surface area contributed by atoms with E-state index in [1.54, 1.807) is 29.3 Å². The molecule has 0 spiro atoms. The molecule has 0 aliphatic carbocycles. The Labute approximate surface area is 156 Å². The van der Waals surface area contributed by atoms with Crippen LogP contribution in [0.4, 0.5) is 13.2 Å². The van der Waals surface area contributed by atoms with E-state index in [0.29, 0.717) is 17.5 Å². The Kier molecular flexibility index (Phi) is 7.97. The number of hydrogen-bond acceptors (Lipinski definition) is 6. The summed E-state index contributed by atoms with van der Waals surface area (Å²) in [5.74, 6) is 1.51. The van der Waals surface area contributed by atoms with Gasteiger partial charge >= 0.3 is 6.18 Å². The summed E-state index contributed by atoms with van der Waals surface area (Å²) in [6.07, 6.45) is -1.70. The van der Waals surface area contributed by atoms with Crippen LogP contribution in [0.15, 0.2) is 26.3 Å². The summed E-state index contributed by atoms with van der Waals surface area (Å²) in [5, 5.41) is 9.54. The van der Waals surface area contributed by atoms with Crippen molar-refractivity contribution in [1.29, 1.82) is 0 Å². The quantitative estimate of drug-likeness (QED) is 0.300. The summed E-state index contributed by atoms with van der Waals surface area (Å²) in [5.41, 5.74) is -0.861. The van der Waals surface area contributed by atoms with Crippen LogP contribution in [0, 0.1) is 0 Å².